The van der Waals surface area contributed by atoms with Crippen LogP contribution in [0.2, 0.25) is 0 Å². The molecule has 1 aliphatic carbocycles. The van der Waals surface area contributed by atoms with Crippen LogP contribution in [0.15, 0.2) is 16.5 Å². The van der Waals surface area contributed by atoms with E-state index in [0.29, 0.717) is 25.7 Å². The van der Waals surface area contributed by atoms with Gasteiger partial charge < -0.3 is 14.4 Å². The Hall–Kier alpha value is -1.33. The number of nitrogens with zero attached hydrogens (tertiary/aromatic N) is 2. The van der Waals surface area contributed by atoms with Crippen molar-refractivity contribution in [1.82, 2.24) is 9.80 Å². The van der Waals surface area contributed by atoms with Crippen molar-refractivity contribution in [2.45, 2.75) is 45.2 Å². The van der Waals surface area contributed by atoms with Gasteiger partial charge in [-0.3, -0.25) is 9.69 Å². The number of rotatable bonds is 7. The monoisotopic (exact) mass is 294 g/mol. The molecule has 0 atom stereocenters. The lowest BCUT2D eigenvalue weighted by Crippen LogP contribution is -2.43. The number of aryl methyl sites for hydroxylation is 1. The van der Waals surface area contributed by atoms with Gasteiger partial charge in [-0.25, -0.2) is 0 Å². The average Bonchev–Trinajstić information content (AvgIpc) is 3.10. The van der Waals surface area contributed by atoms with Gasteiger partial charge >= 0.3 is 0 Å². The third-order valence-electron chi connectivity index (χ3n) is 4.18. The molecule has 0 spiro atoms. The van der Waals surface area contributed by atoms with Crippen LogP contribution in [0.4, 0.5) is 0 Å². The van der Waals surface area contributed by atoms with Gasteiger partial charge in [0, 0.05) is 19.6 Å². The second kappa shape index (κ2) is 7.61. The molecule has 0 unspecified atom stereocenters. The molecule has 5 nitrogen and oxygen atoms in total. The highest BCUT2D eigenvalue weighted by Gasteiger charge is 2.25. The molecule has 0 radical (unpaired) electrons. The number of likely N-dealkylation sites (N-methyl/N-ethyl adjacent to an activating group) is 1. The highest BCUT2D eigenvalue weighted by molar-refractivity contribution is 5.78. The minimum Gasteiger partial charge on any atom is -0.464 e. The first-order valence-electron chi connectivity index (χ1n) is 7.74. The van der Waals surface area contributed by atoms with E-state index in [2.05, 4.69) is 4.90 Å². The fourth-order valence-corrected chi connectivity index (χ4v) is 2.98. The van der Waals surface area contributed by atoms with Gasteiger partial charge in [-0.05, 0) is 31.9 Å². The minimum absolute atomic E-state index is 0.0735. The number of aliphatic hydroxyl groups is 1. The Morgan fingerprint density at radius 1 is 1.38 bits per heavy atom. The van der Waals surface area contributed by atoms with Crippen LogP contribution in [0, 0.1) is 6.92 Å². The van der Waals surface area contributed by atoms with Gasteiger partial charge in [0.1, 0.15) is 11.5 Å². The predicted octanol–water partition coefficient (Wildman–Crippen LogP) is 1.78. The molecule has 0 bridgehead atoms. The average molecular weight is 294 g/mol. The van der Waals surface area contributed by atoms with Crippen LogP contribution in [0.5, 0.6) is 0 Å². The summed E-state index contributed by atoms with van der Waals surface area (Å²) in [5, 5.41) is 9.20. The summed E-state index contributed by atoms with van der Waals surface area (Å²) < 4.78 is 5.51. The topological polar surface area (TPSA) is 56.9 Å². The lowest BCUT2D eigenvalue weighted by Gasteiger charge is -2.29. The maximum Gasteiger partial charge on any atom is 0.236 e. The zero-order valence-corrected chi connectivity index (χ0v) is 13.0. The van der Waals surface area contributed by atoms with Crippen molar-refractivity contribution in [3.63, 3.8) is 0 Å². The van der Waals surface area contributed by atoms with Crippen LogP contribution < -0.4 is 0 Å². The number of hydrogen-bond acceptors (Lipinski definition) is 4. The molecule has 1 amide bonds. The fourth-order valence-electron chi connectivity index (χ4n) is 2.98. The Labute approximate surface area is 126 Å². The van der Waals surface area contributed by atoms with Crippen molar-refractivity contribution < 1.29 is 14.3 Å². The molecule has 5 heteroatoms. The van der Waals surface area contributed by atoms with Gasteiger partial charge in [0.25, 0.3) is 0 Å². The number of carbonyl (C=O) groups is 1. The molecule has 0 saturated heterocycles. The van der Waals surface area contributed by atoms with Gasteiger partial charge in [-0.15, -0.1) is 0 Å². The van der Waals surface area contributed by atoms with Gasteiger partial charge in [-0.1, -0.05) is 12.8 Å². The van der Waals surface area contributed by atoms with Crippen molar-refractivity contribution in [2.24, 2.45) is 0 Å². The molecule has 1 heterocycles. The number of carbonyl (C=O) groups excluding carboxylic acids is 1. The van der Waals surface area contributed by atoms with E-state index in [9.17, 15) is 9.90 Å². The zero-order chi connectivity index (χ0) is 15.2. The highest BCUT2D eigenvalue weighted by Crippen LogP contribution is 2.23. The SMILES string of the molecule is Cc1ccc(CN(C)C(=O)CN(CCO)C2CCCC2)o1. The molecular weight excluding hydrogens is 268 g/mol. The highest BCUT2D eigenvalue weighted by atomic mass is 16.3. The number of amides is 1. The number of aliphatic hydroxyl groups excluding tert-OH is 1. The summed E-state index contributed by atoms with van der Waals surface area (Å²) in [6, 6.07) is 4.26. The van der Waals surface area contributed by atoms with Crippen molar-refractivity contribution in [3.05, 3.63) is 23.7 Å². The standard InChI is InChI=1S/C16H26N2O3/c1-13-7-8-15(21-13)11-17(2)16(20)12-18(9-10-19)14-5-3-4-6-14/h7-8,14,19H,3-6,9-12H2,1-2H3. The van der Waals surface area contributed by atoms with E-state index >= 15 is 0 Å². The first-order chi connectivity index (χ1) is 10.1. The van der Waals surface area contributed by atoms with E-state index in [1.165, 1.54) is 12.8 Å². The predicted molar refractivity (Wildman–Crippen MR) is 80.8 cm³/mol. The van der Waals surface area contributed by atoms with Gasteiger partial charge in [0.05, 0.1) is 19.7 Å². The molecule has 21 heavy (non-hydrogen) atoms. The van der Waals surface area contributed by atoms with Crippen LogP contribution in [-0.2, 0) is 11.3 Å². The molecule has 1 fully saturated rings. The maximum absolute atomic E-state index is 12.4. The minimum atomic E-state index is 0.0735. The quantitative estimate of drug-likeness (QED) is 0.833. The summed E-state index contributed by atoms with van der Waals surface area (Å²) in [6.07, 6.45) is 4.72. The van der Waals surface area contributed by atoms with Crippen molar-refractivity contribution >= 4 is 5.91 Å². The summed E-state index contributed by atoms with van der Waals surface area (Å²) >= 11 is 0. The Morgan fingerprint density at radius 2 is 2.10 bits per heavy atom. The smallest absolute Gasteiger partial charge is 0.236 e. The van der Waals surface area contributed by atoms with E-state index in [4.69, 9.17) is 4.42 Å². The third-order valence-corrected chi connectivity index (χ3v) is 4.18. The van der Waals surface area contributed by atoms with E-state index < -0.39 is 0 Å². The molecule has 0 aromatic carbocycles. The van der Waals surface area contributed by atoms with Crippen molar-refractivity contribution in [1.29, 1.82) is 0 Å². The lowest BCUT2D eigenvalue weighted by molar-refractivity contribution is -0.132. The van der Waals surface area contributed by atoms with E-state index in [1.54, 1.807) is 11.9 Å². The molecule has 1 aromatic rings. The van der Waals surface area contributed by atoms with Crippen molar-refractivity contribution in [3.8, 4) is 0 Å². The van der Waals surface area contributed by atoms with Gasteiger partial charge in [-0.2, -0.15) is 0 Å². The number of furan rings is 1. The molecule has 1 aromatic heterocycles. The lowest BCUT2D eigenvalue weighted by atomic mass is 10.2. The Balaban J connectivity index is 1.87. The summed E-state index contributed by atoms with van der Waals surface area (Å²) in [5.41, 5.74) is 0. The van der Waals surface area contributed by atoms with Crippen LogP contribution in [-0.4, -0.2) is 53.6 Å². The third kappa shape index (κ3) is 4.58. The van der Waals surface area contributed by atoms with Crippen LogP contribution in [0.25, 0.3) is 0 Å². The first kappa shape index (κ1) is 16.0. The molecule has 2 rings (SSSR count). The van der Waals surface area contributed by atoms with Crippen molar-refractivity contribution in [2.75, 3.05) is 26.7 Å². The second-order valence-corrected chi connectivity index (χ2v) is 5.89. The zero-order valence-electron chi connectivity index (χ0n) is 13.0. The molecule has 118 valence electrons. The van der Waals surface area contributed by atoms with Crippen LogP contribution in [0.3, 0.4) is 0 Å². The second-order valence-electron chi connectivity index (χ2n) is 5.89. The fraction of sp³-hybridized carbons (Fsp3) is 0.688. The Bertz CT molecular complexity index is 452. The summed E-state index contributed by atoms with van der Waals surface area (Å²) in [7, 11) is 1.80. The molecule has 1 saturated carbocycles. The normalized spacial score (nSPS) is 15.8. The van der Waals surface area contributed by atoms with Crippen LogP contribution >= 0.6 is 0 Å². The molecular formula is C16H26N2O3. The van der Waals surface area contributed by atoms with Gasteiger partial charge in [0.2, 0.25) is 5.91 Å². The summed E-state index contributed by atoms with van der Waals surface area (Å²) in [5.74, 6) is 1.74. The van der Waals surface area contributed by atoms with E-state index in [1.807, 2.05) is 19.1 Å². The van der Waals surface area contributed by atoms with Crippen LogP contribution in [0.1, 0.15) is 37.2 Å². The maximum atomic E-state index is 12.4. The van der Waals surface area contributed by atoms with Gasteiger partial charge in [0.15, 0.2) is 0 Å². The largest absolute Gasteiger partial charge is 0.464 e. The molecule has 0 aliphatic heterocycles. The Kier molecular flexibility index (Phi) is 5.82. The Morgan fingerprint density at radius 3 is 2.67 bits per heavy atom. The molecule has 1 aliphatic rings. The summed E-state index contributed by atoms with van der Waals surface area (Å²) in [4.78, 5) is 16.2. The number of hydrogen-bond donors (Lipinski definition) is 1. The van der Waals surface area contributed by atoms with E-state index in [0.717, 1.165) is 24.4 Å². The first-order valence-corrected chi connectivity index (χ1v) is 7.74. The molecule has 1 N–H and O–H groups in total. The summed E-state index contributed by atoms with van der Waals surface area (Å²) in [6.45, 7) is 3.44. The van der Waals surface area contributed by atoms with E-state index in [-0.39, 0.29) is 12.5 Å².